The summed E-state index contributed by atoms with van der Waals surface area (Å²) in [5.41, 5.74) is 0.796. The highest BCUT2D eigenvalue weighted by Crippen LogP contribution is 2.26. The van der Waals surface area contributed by atoms with Crippen molar-refractivity contribution in [3.8, 4) is 0 Å². The number of piperidine rings is 1. The van der Waals surface area contributed by atoms with Crippen LogP contribution < -0.4 is 5.56 Å². The van der Waals surface area contributed by atoms with Crippen molar-refractivity contribution in [1.82, 2.24) is 24.1 Å². The van der Waals surface area contributed by atoms with Crippen LogP contribution in [0.15, 0.2) is 21.4 Å². The van der Waals surface area contributed by atoms with Gasteiger partial charge in [0.15, 0.2) is 5.16 Å². The number of hydrogen-bond donors (Lipinski definition) is 0. The molecule has 1 amide bonds. The predicted octanol–water partition coefficient (Wildman–Crippen LogP) is 3.25. The van der Waals surface area contributed by atoms with Gasteiger partial charge in [-0.15, -0.1) is 21.5 Å². The predicted molar refractivity (Wildman–Crippen MR) is 113 cm³/mol. The number of carbonyl (C=O) groups is 1. The van der Waals surface area contributed by atoms with Gasteiger partial charge >= 0.3 is 0 Å². The van der Waals surface area contributed by atoms with E-state index < -0.39 is 0 Å². The molecule has 1 aliphatic heterocycles. The fourth-order valence-corrected chi connectivity index (χ4v) is 5.45. The number of amides is 1. The molecule has 1 fully saturated rings. The highest BCUT2D eigenvalue weighted by molar-refractivity contribution is 7.99. The van der Waals surface area contributed by atoms with Crippen LogP contribution >= 0.6 is 23.1 Å². The molecule has 0 aromatic carbocycles. The van der Waals surface area contributed by atoms with Gasteiger partial charge in [0.25, 0.3) is 5.56 Å². The summed E-state index contributed by atoms with van der Waals surface area (Å²) < 4.78 is 4.33. The van der Waals surface area contributed by atoms with Crippen LogP contribution in [0.4, 0.5) is 0 Å². The minimum atomic E-state index is -0.0200. The van der Waals surface area contributed by atoms with Gasteiger partial charge in [0, 0.05) is 19.1 Å². The highest BCUT2D eigenvalue weighted by atomic mass is 32.2. The topological polar surface area (TPSA) is 72.5 Å². The van der Waals surface area contributed by atoms with Crippen LogP contribution in [0.3, 0.4) is 0 Å². The van der Waals surface area contributed by atoms with E-state index in [4.69, 9.17) is 0 Å². The normalized spacial score (nSPS) is 17.9. The second kappa shape index (κ2) is 7.87. The first kappa shape index (κ1) is 19.4. The molecule has 0 saturated carbocycles. The molecule has 0 bridgehead atoms. The average molecular weight is 420 g/mol. The number of likely N-dealkylation sites (tertiary alicyclic amines) is 1. The van der Waals surface area contributed by atoms with E-state index in [-0.39, 0.29) is 11.5 Å². The molecule has 7 nitrogen and oxygen atoms in total. The Morgan fingerprint density at radius 3 is 2.93 bits per heavy atom. The van der Waals surface area contributed by atoms with Crippen molar-refractivity contribution in [1.29, 1.82) is 0 Å². The van der Waals surface area contributed by atoms with E-state index in [9.17, 15) is 9.59 Å². The lowest BCUT2D eigenvalue weighted by Crippen LogP contribution is -2.42. The van der Waals surface area contributed by atoms with Crippen molar-refractivity contribution >= 4 is 45.0 Å². The summed E-state index contributed by atoms with van der Waals surface area (Å²) in [6.45, 7) is 7.69. The monoisotopic (exact) mass is 419 g/mol. The number of thioether (sulfide) groups is 1. The Balaban J connectivity index is 1.68. The molecule has 0 unspecified atom stereocenters. The van der Waals surface area contributed by atoms with E-state index in [2.05, 4.69) is 31.0 Å². The van der Waals surface area contributed by atoms with Gasteiger partial charge in [0.05, 0.1) is 11.3 Å². The van der Waals surface area contributed by atoms with Crippen LogP contribution in [0.25, 0.3) is 16.0 Å². The summed E-state index contributed by atoms with van der Waals surface area (Å²) in [5.74, 6) is 1.34. The highest BCUT2D eigenvalue weighted by Gasteiger charge is 2.24. The molecule has 4 rings (SSSR count). The Morgan fingerprint density at radius 1 is 1.36 bits per heavy atom. The fourth-order valence-electron chi connectivity index (χ4n) is 3.80. The van der Waals surface area contributed by atoms with Crippen molar-refractivity contribution in [2.24, 2.45) is 5.92 Å². The van der Waals surface area contributed by atoms with Crippen LogP contribution in [0.5, 0.6) is 0 Å². The average Bonchev–Trinajstić information content (AvgIpc) is 3.30. The van der Waals surface area contributed by atoms with Crippen LogP contribution in [-0.2, 0) is 11.3 Å². The molecule has 0 N–H and O–H groups in total. The van der Waals surface area contributed by atoms with Crippen molar-refractivity contribution < 1.29 is 4.79 Å². The van der Waals surface area contributed by atoms with Gasteiger partial charge < -0.3 is 4.90 Å². The van der Waals surface area contributed by atoms with Crippen molar-refractivity contribution in [3.63, 3.8) is 0 Å². The third-order valence-electron chi connectivity index (χ3n) is 5.18. The standard InChI is InChI=1S/C19H25N5O2S2/c1-12(2)10-23-17(26)16-14(7-9-27-16)24-18(23)20-21-19(24)28-11-15(25)22-8-5-4-6-13(22)3/h7,9,12-13H,4-6,8,10-11H2,1-3H3/t13-/m0/s1. The largest absolute Gasteiger partial charge is 0.339 e. The Kier molecular flexibility index (Phi) is 5.46. The number of nitrogens with zero attached hydrogens (tertiary/aromatic N) is 5. The van der Waals surface area contributed by atoms with Crippen molar-refractivity contribution in [3.05, 3.63) is 21.8 Å². The van der Waals surface area contributed by atoms with E-state index >= 15 is 0 Å². The Hall–Kier alpha value is -1.87. The van der Waals surface area contributed by atoms with Crippen LogP contribution in [0.1, 0.15) is 40.0 Å². The lowest BCUT2D eigenvalue weighted by molar-refractivity contribution is -0.131. The Morgan fingerprint density at radius 2 is 2.18 bits per heavy atom. The zero-order chi connectivity index (χ0) is 19.8. The SMILES string of the molecule is CC(C)Cn1c(=O)c2sccc2n2c(SCC(=O)N3CCCC[C@@H]3C)nnc12. The summed E-state index contributed by atoms with van der Waals surface area (Å²) in [6.07, 6.45) is 3.34. The van der Waals surface area contributed by atoms with Gasteiger partial charge in [-0.25, -0.2) is 0 Å². The van der Waals surface area contributed by atoms with Gasteiger partial charge in [-0.05, 0) is 43.6 Å². The van der Waals surface area contributed by atoms with Gasteiger partial charge in [-0.1, -0.05) is 25.6 Å². The molecule has 1 saturated heterocycles. The number of aromatic nitrogens is 4. The van der Waals surface area contributed by atoms with Crippen LogP contribution in [0.2, 0.25) is 0 Å². The second-order valence-corrected chi connectivity index (χ2v) is 9.64. The molecule has 4 heterocycles. The first-order valence-corrected chi connectivity index (χ1v) is 11.6. The molecular formula is C19H25N5O2S2. The molecule has 28 heavy (non-hydrogen) atoms. The van der Waals surface area contributed by atoms with Gasteiger partial charge in [-0.2, -0.15) is 0 Å². The van der Waals surface area contributed by atoms with Gasteiger partial charge in [0.1, 0.15) is 4.70 Å². The molecule has 150 valence electrons. The number of rotatable bonds is 5. The first-order chi connectivity index (χ1) is 13.5. The first-order valence-electron chi connectivity index (χ1n) is 9.74. The zero-order valence-corrected chi connectivity index (χ0v) is 18.1. The quantitative estimate of drug-likeness (QED) is 0.594. The molecule has 0 spiro atoms. The number of fused-ring (bicyclic) bond motifs is 3. The van der Waals surface area contributed by atoms with Crippen molar-refractivity contribution in [2.45, 2.75) is 57.8 Å². The van der Waals surface area contributed by atoms with Gasteiger partial charge in [-0.3, -0.25) is 18.6 Å². The zero-order valence-electron chi connectivity index (χ0n) is 16.4. The molecule has 3 aromatic heterocycles. The summed E-state index contributed by atoms with van der Waals surface area (Å²) in [6, 6.07) is 2.23. The fraction of sp³-hybridized carbons (Fsp3) is 0.579. The summed E-state index contributed by atoms with van der Waals surface area (Å²) in [7, 11) is 0. The summed E-state index contributed by atoms with van der Waals surface area (Å²) >= 11 is 2.83. The minimum Gasteiger partial charge on any atom is -0.339 e. The molecule has 1 aliphatic rings. The van der Waals surface area contributed by atoms with E-state index in [1.807, 2.05) is 20.7 Å². The third-order valence-corrected chi connectivity index (χ3v) is 6.98. The van der Waals surface area contributed by atoms with E-state index in [0.717, 1.165) is 24.9 Å². The molecule has 1 atom stereocenters. The molecule has 0 aliphatic carbocycles. The maximum atomic E-state index is 12.9. The van der Waals surface area contributed by atoms with Crippen LogP contribution in [-0.4, -0.2) is 48.3 Å². The number of hydrogen-bond acceptors (Lipinski definition) is 6. The summed E-state index contributed by atoms with van der Waals surface area (Å²) in [5, 5.41) is 11.2. The minimum absolute atomic E-state index is 0.0200. The maximum Gasteiger partial charge on any atom is 0.272 e. The summed E-state index contributed by atoms with van der Waals surface area (Å²) in [4.78, 5) is 27.6. The van der Waals surface area contributed by atoms with Gasteiger partial charge in [0.2, 0.25) is 11.7 Å². The lowest BCUT2D eigenvalue weighted by atomic mass is 10.0. The molecular weight excluding hydrogens is 394 g/mol. The van der Waals surface area contributed by atoms with E-state index in [1.54, 1.807) is 4.57 Å². The smallest absolute Gasteiger partial charge is 0.272 e. The van der Waals surface area contributed by atoms with E-state index in [0.29, 0.717) is 39.9 Å². The third kappa shape index (κ3) is 3.45. The molecule has 3 aromatic rings. The molecule has 0 radical (unpaired) electrons. The number of carbonyl (C=O) groups excluding carboxylic acids is 1. The second-order valence-electron chi connectivity index (χ2n) is 7.78. The Labute approximate surface area is 171 Å². The Bertz CT molecular complexity index is 1070. The molecule has 9 heteroatoms. The lowest BCUT2D eigenvalue weighted by Gasteiger charge is -2.33. The van der Waals surface area contributed by atoms with Crippen molar-refractivity contribution in [2.75, 3.05) is 12.3 Å². The maximum absolute atomic E-state index is 12.9. The van der Waals surface area contributed by atoms with Crippen LogP contribution in [0, 0.1) is 5.92 Å². The number of thiophene rings is 1. The van der Waals surface area contributed by atoms with E-state index in [1.165, 1.54) is 29.5 Å².